The molecule has 0 aliphatic heterocycles. The molecule has 0 aromatic heterocycles. The molecule has 7 nitrogen and oxygen atoms in total. The van der Waals surface area contributed by atoms with Crippen LogP contribution in [-0.4, -0.2) is 57.3 Å². The summed E-state index contributed by atoms with van der Waals surface area (Å²) >= 11 is 0. The summed E-state index contributed by atoms with van der Waals surface area (Å²) in [5, 5.41) is 33.0. The molecule has 3 unspecified atom stereocenters. The van der Waals surface area contributed by atoms with Crippen LogP contribution in [0.3, 0.4) is 0 Å². The highest BCUT2D eigenvalue weighted by Gasteiger charge is 2.54. The molecule has 3 atom stereocenters. The maximum atomic E-state index is 12.6. The number of hydrogen-bond donors (Lipinski definition) is 2. The zero-order valence-corrected chi connectivity index (χ0v) is 27.6. The molecule has 0 aromatic carbocycles. The zero-order chi connectivity index (χ0) is 31.6. The number of carboxylic acids is 3. The molecule has 0 aliphatic carbocycles. The fourth-order valence-corrected chi connectivity index (χ4v) is 6.62. The number of carboxylic acid groups (broad SMARTS) is 3. The molecule has 0 bridgehead atoms. The van der Waals surface area contributed by atoms with Gasteiger partial charge in [-0.25, -0.2) is 9.59 Å². The summed E-state index contributed by atoms with van der Waals surface area (Å²) in [6.07, 6.45) is 25.7. The summed E-state index contributed by atoms with van der Waals surface area (Å²) in [5.41, 5.74) is 0. The van der Waals surface area contributed by atoms with E-state index in [0.717, 1.165) is 38.5 Å². The number of nitrogens with zero attached hydrogens (tertiary/aromatic N) is 1. The minimum Gasteiger partial charge on any atom is -0.544 e. The lowest BCUT2D eigenvalue weighted by atomic mass is 9.91. The Balaban J connectivity index is 4.96. The van der Waals surface area contributed by atoms with Crippen LogP contribution in [0.25, 0.3) is 0 Å². The van der Waals surface area contributed by atoms with E-state index >= 15 is 0 Å². The largest absolute Gasteiger partial charge is 0.544 e. The highest BCUT2D eigenvalue weighted by Crippen LogP contribution is 2.34. The highest BCUT2D eigenvalue weighted by molar-refractivity contribution is 5.77. The van der Waals surface area contributed by atoms with Crippen LogP contribution >= 0.6 is 0 Å². The predicted molar refractivity (Wildman–Crippen MR) is 170 cm³/mol. The molecule has 0 fully saturated rings. The Hall–Kier alpha value is -1.89. The number of allylic oxidation sites excluding steroid dienone is 2. The van der Waals surface area contributed by atoms with Crippen molar-refractivity contribution >= 4 is 17.9 Å². The zero-order valence-electron chi connectivity index (χ0n) is 27.6. The van der Waals surface area contributed by atoms with Crippen LogP contribution in [0.2, 0.25) is 0 Å². The number of hydrogen-bond acceptors (Lipinski definition) is 4. The van der Waals surface area contributed by atoms with Crippen LogP contribution in [0, 0.1) is 0 Å². The van der Waals surface area contributed by atoms with Crippen molar-refractivity contribution < 1.29 is 34.2 Å². The Labute approximate surface area is 257 Å². The second-order valence-corrected chi connectivity index (χ2v) is 12.3. The van der Waals surface area contributed by atoms with Crippen molar-refractivity contribution in [3.8, 4) is 0 Å². The molecule has 42 heavy (non-hydrogen) atoms. The monoisotopic (exact) mass is 595 g/mol. The predicted octanol–water partition coefficient (Wildman–Crippen LogP) is 8.05. The SMILES string of the molecule is CCCCCCCCCCC/C=C/CCCCCCC[N+](C(CCC)C(=O)[O-])(C(CCC)C(=O)O)C(CCC)C(=O)O. The number of carbonyl (C=O) groups is 3. The van der Waals surface area contributed by atoms with Crippen molar-refractivity contribution in [1.82, 2.24) is 0 Å². The molecule has 246 valence electrons. The first kappa shape index (κ1) is 40.1. The summed E-state index contributed by atoms with van der Waals surface area (Å²) in [6, 6.07) is -3.34. The number of unbranched alkanes of at least 4 members (excludes halogenated alkanes) is 14. The van der Waals surface area contributed by atoms with Gasteiger partial charge in [-0.2, -0.15) is 0 Å². The molecule has 0 rings (SSSR count). The maximum absolute atomic E-state index is 12.6. The topological polar surface area (TPSA) is 115 Å². The van der Waals surface area contributed by atoms with Crippen molar-refractivity contribution in [2.24, 2.45) is 0 Å². The number of rotatable bonds is 30. The molecule has 0 aliphatic rings. The third-order valence-electron chi connectivity index (χ3n) is 8.83. The van der Waals surface area contributed by atoms with Gasteiger partial charge in [0.25, 0.3) is 0 Å². The normalized spacial score (nSPS) is 15.3. The molecule has 0 aromatic rings. The van der Waals surface area contributed by atoms with Crippen LogP contribution < -0.4 is 5.11 Å². The van der Waals surface area contributed by atoms with E-state index in [0.29, 0.717) is 25.7 Å². The molecule has 0 saturated heterocycles. The minimum atomic E-state index is -1.34. The molecule has 0 radical (unpaired) electrons. The molecule has 7 heteroatoms. The van der Waals surface area contributed by atoms with Gasteiger partial charge >= 0.3 is 11.9 Å². The van der Waals surface area contributed by atoms with Crippen molar-refractivity contribution in [2.45, 2.75) is 187 Å². The second kappa shape index (κ2) is 25.6. The van der Waals surface area contributed by atoms with Gasteiger partial charge in [0.1, 0.15) is 6.04 Å². The molecule has 0 spiro atoms. The summed E-state index contributed by atoms with van der Waals surface area (Å²) in [7, 11) is 0. The van der Waals surface area contributed by atoms with E-state index in [1.807, 2.05) is 20.8 Å². The minimum absolute atomic E-state index is 0.203. The number of quaternary nitrogens is 1. The average Bonchev–Trinajstić information content (AvgIpc) is 2.95. The second-order valence-electron chi connectivity index (χ2n) is 12.3. The first-order valence-electron chi connectivity index (χ1n) is 17.4. The van der Waals surface area contributed by atoms with Gasteiger partial charge < -0.3 is 20.1 Å². The van der Waals surface area contributed by atoms with Gasteiger partial charge in [0.15, 0.2) is 12.1 Å². The van der Waals surface area contributed by atoms with Gasteiger partial charge in [-0.15, -0.1) is 0 Å². The summed E-state index contributed by atoms with van der Waals surface area (Å²) in [4.78, 5) is 37.6. The van der Waals surface area contributed by atoms with Gasteiger partial charge in [-0.3, -0.25) is 4.48 Å². The Bertz CT molecular complexity index is 677. The lowest BCUT2D eigenvalue weighted by Gasteiger charge is -2.52. The third kappa shape index (κ3) is 15.5. The van der Waals surface area contributed by atoms with Crippen LogP contribution in [-0.2, 0) is 14.4 Å². The molecule has 0 heterocycles. The standard InChI is InChI=1S/C35H65NO6/c1-5-9-10-11-12-13-14-15-16-17-18-19-20-21-22-23-24-25-29-36(30(26-6-2)33(37)38,31(27-7-3)34(39)40)32(28-8-4)35(41)42/h18-19,30-32H,5-17,20-29H2,1-4H3,(H2-,37,38,39,40,41,42)/b19-18+. The number of carbonyl (C=O) groups excluding carboxylic acids is 1. The molecular weight excluding hydrogens is 530 g/mol. The summed E-state index contributed by atoms with van der Waals surface area (Å²) in [5.74, 6) is -3.57. The van der Waals surface area contributed by atoms with Gasteiger partial charge in [-0.1, -0.05) is 110 Å². The van der Waals surface area contributed by atoms with E-state index in [9.17, 15) is 29.7 Å². The lowest BCUT2D eigenvalue weighted by Crippen LogP contribution is -2.74. The Morgan fingerprint density at radius 1 is 0.548 bits per heavy atom. The first-order chi connectivity index (χ1) is 20.2. The number of aliphatic carboxylic acids is 3. The van der Waals surface area contributed by atoms with Gasteiger partial charge in [0.05, 0.1) is 12.5 Å². The van der Waals surface area contributed by atoms with Crippen molar-refractivity contribution in [3.63, 3.8) is 0 Å². The Morgan fingerprint density at radius 2 is 0.905 bits per heavy atom. The fraction of sp³-hybridized carbons (Fsp3) is 0.857. The van der Waals surface area contributed by atoms with Gasteiger partial charge in [0, 0.05) is 19.3 Å². The lowest BCUT2D eigenvalue weighted by molar-refractivity contribution is -0.975. The fourth-order valence-electron chi connectivity index (χ4n) is 6.62. The van der Waals surface area contributed by atoms with Crippen molar-refractivity contribution in [3.05, 3.63) is 12.2 Å². The van der Waals surface area contributed by atoms with Crippen molar-refractivity contribution in [1.29, 1.82) is 0 Å². The highest BCUT2D eigenvalue weighted by atomic mass is 16.4. The first-order valence-corrected chi connectivity index (χ1v) is 17.4. The Kier molecular flexibility index (Phi) is 24.4. The van der Waals surface area contributed by atoms with E-state index in [-0.39, 0.29) is 25.8 Å². The van der Waals surface area contributed by atoms with E-state index in [4.69, 9.17) is 0 Å². The van der Waals surface area contributed by atoms with Crippen LogP contribution in [0.1, 0.15) is 169 Å². The molecule has 0 saturated carbocycles. The summed E-state index contributed by atoms with van der Waals surface area (Å²) < 4.78 is -0.440. The summed E-state index contributed by atoms with van der Waals surface area (Å²) in [6.45, 7) is 8.05. The Morgan fingerprint density at radius 3 is 1.26 bits per heavy atom. The molecule has 2 N–H and O–H groups in total. The van der Waals surface area contributed by atoms with Gasteiger partial charge in [0.2, 0.25) is 0 Å². The molecular formula is C35H65NO6. The van der Waals surface area contributed by atoms with Crippen molar-refractivity contribution in [2.75, 3.05) is 6.54 Å². The van der Waals surface area contributed by atoms with Crippen LogP contribution in [0.15, 0.2) is 12.2 Å². The maximum Gasteiger partial charge on any atom is 0.362 e. The smallest absolute Gasteiger partial charge is 0.362 e. The van der Waals surface area contributed by atoms with E-state index < -0.39 is 40.5 Å². The molecule has 0 amide bonds. The van der Waals surface area contributed by atoms with Crippen LogP contribution in [0.4, 0.5) is 0 Å². The quantitative estimate of drug-likeness (QED) is 0.0493. The van der Waals surface area contributed by atoms with Gasteiger partial charge in [-0.05, 0) is 51.4 Å². The average molecular weight is 596 g/mol. The van der Waals surface area contributed by atoms with E-state index in [2.05, 4.69) is 19.1 Å². The van der Waals surface area contributed by atoms with E-state index in [1.165, 1.54) is 57.8 Å². The van der Waals surface area contributed by atoms with Crippen LogP contribution in [0.5, 0.6) is 0 Å². The van der Waals surface area contributed by atoms with E-state index in [1.54, 1.807) is 0 Å². The third-order valence-corrected chi connectivity index (χ3v) is 8.83.